The van der Waals surface area contributed by atoms with Gasteiger partial charge in [0.2, 0.25) is 5.24 Å². The molecule has 2 amide bonds. The van der Waals surface area contributed by atoms with Crippen molar-refractivity contribution in [2.24, 2.45) is 0 Å². The number of nitrogens with zero attached hydrogens (tertiary/aromatic N) is 2. The highest BCUT2D eigenvalue weighted by atomic mass is 128. The van der Waals surface area contributed by atoms with E-state index in [4.69, 9.17) is 75.7 Å². The van der Waals surface area contributed by atoms with Crippen LogP contribution in [-0.4, -0.2) is 63.3 Å². The van der Waals surface area contributed by atoms with Crippen molar-refractivity contribution in [1.82, 2.24) is 0 Å². The lowest BCUT2D eigenvalue weighted by Crippen LogP contribution is -2.47. The van der Waals surface area contributed by atoms with Crippen LogP contribution in [0, 0.1) is 0 Å². The summed E-state index contributed by atoms with van der Waals surface area (Å²) in [4.78, 5) is 36.7. The van der Waals surface area contributed by atoms with E-state index in [2.05, 4.69) is 53.2 Å². The van der Waals surface area contributed by atoms with Crippen LogP contribution in [0.4, 0.5) is 17.1 Å². The molecule has 1 fully saturated rings. The molecule has 16 heteroatoms. The molecule has 0 aromatic heterocycles. The fourth-order valence-corrected chi connectivity index (χ4v) is 5.24. The maximum absolute atomic E-state index is 12.0. The van der Waals surface area contributed by atoms with Crippen molar-refractivity contribution in [1.29, 1.82) is 0 Å². The minimum absolute atomic E-state index is 0.146. The molecule has 0 bridgehead atoms. The molecule has 0 saturated carbocycles. The van der Waals surface area contributed by atoms with Gasteiger partial charge in [-0.1, -0.05) is 110 Å². The van der Waals surface area contributed by atoms with Gasteiger partial charge in [-0.15, -0.1) is 0 Å². The Morgan fingerprint density at radius 3 is 1.68 bits per heavy atom. The maximum atomic E-state index is 12.0. The molecule has 6 radical (unpaired) electrons. The smallest absolute Gasteiger partial charge is 0.269 e. The first-order chi connectivity index (χ1) is 22.2. The predicted molar refractivity (Wildman–Crippen MR) is 224 cm³/mol. The average Bonchev–Trinajstić information content (AvgIpc) is 3.04. The van der Waals surface area contributed by atoms with E-state index in [9.17, 15) is 14.4 Å². The van der Waals surface area contributed by atoms with Crippen LogP contribution in [0.15, 0.2) is 83.9 Å². The van der Waals surface area contributed by atoms with Gasteiger partial charge in [0.25, 0.3) is 11.8 Å². The van der Waals surface area contributed by atoms with Crippen LogP contribution in [-0.2, 0) is 14.4 Å². The Kier molecular flexibility index (Phi) is 22.1. The molecule has 5 rings (SSSR count). The maximum Gasteiger partial charge on any atom is 0.269 e. The summed E-state index contributed by atoms with van der Waals surface area (Å²) in [7, 11) is 16.5. The van der Waals surface area contributed by atoms with Crippen LogP contribution in [0.5, 0.6) is 0 Å². The van der Waals surface area contributed by atoms with Crippen molar-refractivity contribution >= 4 is 174 Å². The molecule has 0 atom stereocenters. The molecule has 0 unspecified atom stereocenters. The number of benzene rings is 3. The van der Waals surface area contributed by atoms with Gasteiger partial charge in [-0.2, -0.15) is 0 Å². The van der Waals surface area contributed by atoms with E-state index in [-0.39, 0.29) is 22.1 Å². The normalized spacial score (nSPS) is 14.7. The summed E-state index contributed by atoms with van der Waals surface area (Å²) in [6, 6.07) is 21.4. The summed E-state index contributed by atoms with van der Waals surface area (Å²) in [5.74, 6) is -0.403. The van der Waals surface area contributed by atoms with E-state index >= 15 is 0 Å². The van der Waals surface area contributed by atoms with Crippen LogP contribution < -0.4 is 31.9 Å². The number of hydrogen-bond acceptors (Lipinski definition) is 4. The van der Waals surface area contributed by atoms with Crippen molar-refractivity contribution < 1.29 is 14.4 Å². The van der Waals surface area contributed by atoms with Crippen molar-refractivity contribution in [3.05, 3.63) is 83.9 Å². The molecule has 2 N–H and O–H groups in total. The topological polar surface area (TPSA) is 83.7 Å². The summed E-state index contributed by atoms with van der Waals surface area (Å²) in [6.45, 7) is 1.31. The molecule has 47 heavy (non-hydrogen) atoms. The molecule has 0 aliphatic carbocycles. The quantitative estimate of drug-likeness (QED) is 0.107. The Labute approximate surface area is 332 Å². The molecular weight excluding hydrogens is 970 g/mol. The number of carbonyl (C=O) groups is 3. The van der Waals surface area contributed by atoms with E-state index in [0.29, 0.717) is 42.2 Å². The summed E-state index contributed by atoms with van der Waals surface area (Å²) in [6.07, 6.45) is 4.25. The summed E-state index contributed by atoms with van der Waals surface area (Å²) < 4.78 is -1.29. The number of anilines is 3. The van der Waals surface area contributed by atoms with Crippen LogP contribution in [0.2, 0.25) is 0 Å². The second kappa shape index (κ2) is 23.5. The Hall–Kier alpha value is -0.895. The van der Waals surface area contributed by atoms with E-state index in [1.54, 1.807) is 76.5 Å². The lowest BCUT2D eigenvalue weighted by atomic mass is 9.96. The minimum Gasteiger partial charge on any atom is -0.399 e. The molecule has 1 saturated heterocycles. The average molecular weight is 1000 g/mol. The van der Waals surface area contributed by atoms with Crippen LogP contribution >= 0.6 is 99.6 Å². The summed E-state index contributed by atoms with van der Waals surface area (Å²) in [5, 5.41) is 0.667. The molecule has 3 aromatic carbocycles. The first kappa shape index (κ1) is 44.1. The highest BCUT2D eigenvalue weighted by Crippen LogP contribution is 2.35. The molecule has 2 aliphatic heterocycles. The van der Waals surface area contributed by atoms with E-state index < -0.39 is 4.33 Å². The number of rotatable bonds is 4. The lowest BCUT2D eigenvalue weighted by Gasteiger charge is -2.34. The highest BCUT2D eigenvalue weighted by Gasteiger charge is 2.41. The van der Waals surface area contributed by atoms with E-state index in [0.717, 1.165) is 35.4 Å². The standard InChI is InChI=1S/C11H10BCl2NO.C11H9BClNO.C6H6BN.C3H4BrClO.I2/c12-8-2-4-9(5-3-8)15-7-1-6-11(13,14)10(15)16;12-8-3-5-9(6-4-8)14-7-1-2-10(13)11(14)15;7-5-1-3-6(8)4-2-5;4-2-1-3(5)6;1-2/h2-5H,1,6-7H2;2-6H,1,7H2;1-4H,8H2;1-2H2;. The Balaban J connectivity index is 0.000000328. The molecule has 244 valence electrons. The number of nitrogen functional groups attached to an aromatic ring is 1. The zero-order valence-electron chi connectivity index (χ0n) is 25.0. The summed E-state index contributed by atoms with van der Waals surface area (Å²) >= 11 is 29.9. The number of hydrogen-bond donors (Lipinski definition) is 1. The van der Waals surface area contributed by atoms with Gasteiger partial charge >= 0.3 is 0 Å². The molecular formula is C31H29B3BrCl4I2N3O3. The fourth-order valence-electron chi connectivity index (χ4n) is 3.87. The number of amides is 2. The zero-order valence-corrected chi connectivity index (χ0v) is 34.0. The highest BCUT2D eigenvalue weighted by molar-refractivity contribution is 15.0. The first-order valence-electron chi connectivity index (χ1n) is 13.8. The van der Waals surface area contributed by atoms with Crippen molar-refractivity contribution in [2.75, 3.05) is 34.0 Å². The fraction of sp³-hybridized carbons (Fsp3) is 0.258. The number of piperidine rings is 1. The van der Waals surface area contributed by atoms with Gasteiger partial charge in [-0.3, -0.25) is 14.4 Å². The molecule has 6 nitrogen and oxygen atoms in total. The van der Waals surface area contributed by atoms with Gasteiger partial charge in [-0.05, 0) is 67.3 Å². The van der Waals surface area contributed by atoms with Crippen LogP contribution in [0.25, 0.3) is 0 Å². The van der Waals surface area contributed by atoms with E-state index in [1.807, 2.05) is 12.1 Å². The van der Waals surface area contributed by atoms with E-state index in [1.165, 1.54) is 0 Å². The molecule has 3 aromatic rings. The van der Waals surface area contributed by atoms with Gasteiger partial charge in [0.15, 0.2) is 4.33 Å². The Morgan fingerprint density at radius 1 is 0.830 bits per heavy atom. The van der Waals surface area contributed by atoms with Crippen molar-refractivity contribution in [3.63, 3.8) is 0 Å². The monoisotopic (exact) mass is 997 g/mol. The second-order valence-corrected chi connectivity index (χ2v) is 12.8. The molecule has 2 aliphatic rings. The van der Waals surface area contributed by atoms with Crippen LogP contribution in [0.3, 0.4) is 0 Å². The molecule has 0 spiro atoms. The van der Waals surface area contributed by atoms with Crippen molar-refractivity contribution in [2.45, 2.75) is 30.0 Å². The van der Waals surface area contributed by atoms with Crippen molar-refractivity contribution in [3.8, 4) is 0 Å². The largest absolute Gasteiger partial charge is 0.399 e. The van der Waals surface area contributed by atoms with Gasteiger partial charge < -0.3 is 15.5 Å². The zero-order chi connectivity index (χ0) is 35.6. The van der Waals surface area contributed by atoms with Gasteiger partial charge in [0.05, 0.1) is 0 Å². The first-order valence-corrected chi connectivity index (χ1v) is 22.7. The minimum atomic E-state index is -1.29. The Bertz CT molecular complexity index is 1440. The number of carbonyl (C=O) groups excluding carboxylic acids is 3. The second-order valence-electron chi connectivity index (χ2n) is 9.71. The third-order valence-electron chi connectivity index (χ3n) is 6.19. The number of alkyl halides is 3. The number of nitrogens with two attached hydrogens (primary N) is 1. The predicted octanol–water partition coefficient (Wildman–Crippen LogP) is 6.49. The SMILES string of the molecule is II.O=C(Cl)CCBr.[B]c1ccc(N)cc1.[B]c1ccc(N2CCC=C(Cl)C2=O)cc1.[B]c1ccc(N2CCCC(Cl)(Cl)C2=O)cc1. The lowest BCUT2D eigenvalue weighted by molar-refractivity contribution is -0.120. The van der Waals surface area contributed by atoms with Gasteiger partial charge in [0.1, 0.15) is 28.6 Å². The van der Waals surface area contributed by atoms with Gasteiger partial charge in [-0.25, -0.2) is 0 Å². The Morgan fingerprint density at radius 2 is 1.28 bits per heavy atom. The van der Waals surface area contributed by atoms with Crippen LogP contribution in [0.1, 0.15) is 25.7 Å². The summed E-state index contributed by atoms with van der Waals surface area (Å²) in [5.41, 5.74) is 9.83. The third kappa shape index (κ3) is 16.6. The number of halogens is 7. The molecule has 2 heterocycles. The van der Waals surface area contributed by atoms with Gasteiger partial charge in [0, 0.05) is 79.1 Å². The third-order valence-corrected chi connectivity index (χ3v) is 7.80.